The van der Waals surface area contributed by atoms with Crippen molar-refractivity contribution in [1.82, 2.24) is 0 Å². The van der Waals surface area contributed by atoms with Gasteiger partial charge in [0.05, 0.1) is 0 Å². The average Bonchev–Trinajstić information content (AvgIpc) is 2.95. The molecule has 3 rings (SSSR count). The molecule has 0 atom stereocenters. The van der Waals surface area contributed by atoms with E-state index >= 15 is 0 Å². The Morgan fingerprint density at radius 3 is 2.61 bits per heavy atom. The van der Waals surface area contributed by atoms with Gasteiger partial charge in [-0.2, -0.15) is 0 Å². The van der Waals surface area contributed by atoms with Crippen LogP contribution in [0.3, 0.4) is 0 Å². The predicted molar refractivity (Wildman–Crippen MR) is 77.0 cm³/mol. The van der Waals surface area contributed by atoms with Crippen LogP contribution in [0.2, 0.25) is 0 Å². The van der Waals surface area contributed by atoms with Gasteiger partial charge in [-0.3, -0.25) is 0 Å². The van der Waals surface area contributed by atoms with Crippen LogP contribution in [0.5, 0.6) is 0 Å². The summed E-state index contributed by atoms with van der Waals surface area (Å²) in [7, 11) is 0. The highest BCUT2D eigenvalue weighted by Crippen LogP contribution is 2.38. The van der Waals surface area contributed by atoms with Crippen LogP contribution in [0.25, 0.3) is 0 Å². The van der Waals surface area contributed by atoms with Gasteiger partial charge in [-0.15, -0.1) is 0 Å². The van der Waals surface area contributed by atoms with Crippen LogP contribution >= 0.6 is 0 Å². The summed E-state index contributed by atoms with van der Waals surface area (Å²) in [6.07, 6.45) is 6.71. The molecule has 2 aliphatic rings. The first-order chi connectivity index (χ1) is 8.57. The van der Waals surface area contributed by atoms with Crippen molar-refractivity contribution in [1.29, 1.82) is 0 Å². The van der Waals surface area contributed by atoms with E-state index in [-0.39, 0.29) is 5.54 Å². The first-order valence-electron chi connectivity index (χ1n) is 7.25. The van der Waals surface area contributed by atoms with Gasteiger partial charge in [0, 0.05) is 23.8 Å². The lowest BCUT2D eigenvalue weighted by atomic mass is 9.90. The topological polar surface area (TPSA) is 29.3 Å². The molecule has 18 heavy (non-hydrogen) atoms. The van der Waals surface area contributed by atoms with Crippen LogP contribution in [0.1, 0.15) is 50.7 Å². The van der Waals surface area contributed by atoms with E-state index in [0.717, 1.165) is 6.04 Å². The van der Waals surface area contributed by atoms with E-state index in [2.05, 4.69) is 36.9 Å². The van der Waals surface area contributed by atoms with Gasteiger partial charge in [0.2, 0.25) is 0 Å². The van der Waals surface area contributed by atoms with E-state index in [1.807, 2.05) is 0 Å². The number of hydrogen-bond donors (Lipinski definition) is 1. The first kappa shape index (κ1) is 12.0. The smallest absolute Gasteiger partial charge is 0.0405 e. The molecule has 0 amide bonds. The molecule has 0 aromatic heterocycles. The number of nitrogens with two attached hydrogens (primary N) is 1. The zero-order valence-electron chi connectivity index (χ0n) is 11.6. The average molecular weight is 244 g/mol. The van der Waals surface area contributed by atoms with Crippen LogP contribution in [-0.2, 0) is 12.0 Å². The molecule has 1 fully saturated rings. The zero-order valence-corrected chi connectivity index (χ0v) is 11.6. The third kappa shape index (κ3) is 1.93. The van der Waals surface area contributed by atoms with E-state index in [0.29, 0.717) is 0 Å². The maximum atomic E-state index is 6.31. The van der Waals surface area contributed by atoms with Crippen molar-refractivity contribution in [3.8, 4) is 0 Å². The number of anilines is 1. The lowest BCUT2D eigenvalue weighted by molar-refractivity contribution is 0.550. The third-order valence-electron chi connectivity index (χ3n) is 4.52. The van der Waals surface area contributed by atoms with Crippen molar-refractivity contribution in [3.05, 3.63) is 29.3 Å². The quantitative estimate of drug-likeness (QED) is 0.865. The Morgan fingerprint density at radius 2 is 1.94 bits per heavy atom. The number of nitrogens with zero attached hydrogens (tertiary/aromatic N) is 1. The monoisotopic (exact) mass is 244 g/mol. The Labute approximate surface area is 110 Å². The Hall–Kier alpha value is -1.02. The van der Waals surface area contributed by atoms with E-state index in [1.165, 1.54) is 55.5 Å². The summed E-state index contributed by atoms with van der Waals surface area (Å²) in [5.74, 6) is 0. The lowest BCUT2D eigenvalue weighted by Gasteiger charge is -2.28. The highest BCUT2D eigenvalue weighted by molar-refractivity contribution is 5.62. The van der Waals surface area contributed by atoms with Gasteiger partial charge in [0.15, 0.2) is 0 Å². The van der Waals surface area contributed by atoms with Gasteiger partial charge in [-0.25, -0.2) is 0 Å². The number of benzene rings is 1. The summed E-state index contributed by atoms with van der Waals surface area (Å²) in [4.78, 5) is 2.64. The predicted octanol–water partition coefficient (Wildman–Crippen LogP) is 3.19. The van der Waals surface area contributed by atoms with Crippen LogP contribution in [0.4, 0.5) is 5.69 Å². The summed E-state index contributed by atoms with van der Waals surface area (Å²) in [5.41, 5.74) is 10.4. The van der Waals surface area contributed by atoms with Crippen molar-refractivity contribution in [3.63, 3.8) is 0 Å². The van der Waals surface area contributed by atoms with Crippen molar-refractivity contribution in [2.45, 2.75) is 57.5 Å². The zero-order chi connectivity index (χ0) is 12.8. The van der Waals surface area contributed by atoms with E-state index in [9.17, 15) is 0 Å². The van der Waals surface area contributed by atoms with Gasteiger partial charge in [0.1, 0.15) is 0 Å². The molecule has 1 aromatic carbocycles. The van der Waals surface area contributed by atoms with E-state index < -0.39 is 0 Å². The molecule has 2 N–H and O–H groups in total. The minimum atomic E-state index is -0.225. The highest BCUT2D eigenvalue weighted by atomic mass is 15.2. The normalized spacial score (nSPS) is 20.5. The van der Waals surface area contributed by atoms with Gasteiger partial charge in [-0.1, -0.05) is 25.0 Å². The van der Waals surface area contributed by atoms with Gasteiger partial charge >= 0.3 is 0 Å². The molecular formula is C16H24N2. The van der Waals surface area contributed by atoms with Gasteiger partial charge < -0.3 is 10.6 Å². The van der Waals surface area contributed by atoms with E-state index in [4.69, 9.17) is 5.73 Å². The van der Waals surface area contributed by atoms with Crippen LogP contribution in [0.15, 0.2) is 18.2 Å². The van der Waals surface area contributed by atoms with Crippen LogP contribution in [0, 0.1) is 0 Å². The minimum absolute atomic E-state index is 0.225. The van der Waals surface area contributed by atoms with Gasteiger partial charge in [-0.05, 0) is 50.3 Å². The first-order valence-corrected chi connectivity index (χ1v) is 7.25. The Morgan fingerprint density at radius 1 is 1.22 bits per heavy atom. The fraction of sp³-hybridized carbons (Fsp3) is 0.625. The molecule has 2 nitrogen and oxygen atoms in total. The molecule has 1 aliphatic carbocycles. The molecule has 0 bridgehead atoms. The molecule has 1 aliphatic heterocycles. The molecule has 98 valence electrons. The summed E-state index contributed by atoms with van der Waals surface area (Å²) in [6, 6.07) is 7.45. The molecule has 1 heterocycles. The third-order valence-corrected chi connectivity index (χ3v) is 4.52. The number of hydrogen-bond acceptors (Lipinski definition) is 2. The van der Waals surface area contributed by atoms with Crippen molar-refractivity contribution >= 4 is 5.69 Å². The molecule has 0 radical (unpaired) electrons. The number of fused-ring (bicyclic) bond motifs is 1. The van der Waals surface area contributed by atoms with Gasteiger partial charge in [0.25, 0.3) is 0 Å². The van der Waals surface area contributed by atoms with Crippen molar-refractivity contribution < 1.29 is 0 Å². The lowest BCUT2D eigenvalue weighted by Crippen LogP contribution is -2.31. The molecule has 0 spiro atoms. The van der Waals surface area contributed by atoms with Crippen LogP contribution < -0.4 is 10.6 Å². The molecule has 0 saturated heterocycles. The molecule has 0 unspecified atom stereocenters. The van der Waals surface area contributed by atoms with Crippen molar-refractivity contribution in [2.75, 3.05) is 11.4 Å². The maximum absolute atomic E-state index is 6.31. The molecule has 1 saturated carbocycles. The second-order valence-electron chi connectivity index (χ2n) is 6.41. The van der Waals surface area contributed by atoms with Crippen LogP contribution in [-0.4, -0.2) is 12.6 Å². The fourth-order valence-electron chi connectivity index (χ4n) is 3.66. The van der Waals surface area contributed by atoms with Crippen molar-refractivity contribution in [2.24, 2.45) is 5.73 Å². The Bertz CT molecular complexity index is 439. The summed E-state index contributed by atoms with van der Waals surface area (Å²) < 4.78 is 0. The molecule has 2 heteroatoms. The Kier molecular flexibility index (Phi) is 2.86. The SMILES string of the molecule is CC(C)(N)c1cccc2c1CCN2C1CCCC1. The second kappa shape index (κ2) is 4.27. The minimum Gasteiger partial charge on any atom is -0.368 e. The van der Waals surface area contributed by atoms with E-state index in [1.54, 1.807) is 0 Å². The maximum Gasteiger partial charge on any atom is 0.0405 e. The summed E-state index contributed by atoms with van der Waals surface area (Å²) in [6.45, 7) is 5.41. The molecular weight excluding hydrogens is 220 g/mol. The largest absolute Gasteiger partial charge is 0.368 e. The summed E-state index contributed by atoms with van der Waals surface area (Å²) in [5, 5.41) is 0. The fourth-order valence-corrected chi connectivity index (χ4v) is 3.66. The highest BCUT2D eigenvalue weighted by Gasteiger charge is 2.31. The second-order valence-corrected chi connectivity index (χ2v) is 6.41. The Balaban J connectivity index is 1.97. The number of rotatable bonds is 2. The molecule has 1 aromatic rings. The standard InChI is InChI=1S/C16H24N2/c1-16(2,17)14-8-5-9-15-13(14)10-11-18(15)12-6-3-4-7-12/h5,8-9,12H,3-4,6-7,10-11,17H2,1-2H3. The summed E-state index contributed by atoms with van der Waals surface area (Å²) >= 11 is 0.